The molecule has 0 aliphatic carbocycles. The number of urea groups is 1. The number of carbonyl (C=O) groups is 10. The van der Waals surface area contributed by atoms with E-state index in [-0.39, 0.29) is 76.7 Å². The number of quaternary nitrogens is 2. The number of hydrogen-bond donors (Lipinski definition) is 4. The van der Waals surface area contributed by atoms with Crippen LogP contribution in [0.15, 0.2) is 72.8 Å². The van der Waals surface area contributed by atoms with Gasteiger partial charge in [-0.2, -0.15) is 0 Å². The van der Waals surface area contributed by atoms with Gasteiger partial charge < -0.3 is 68.1 Å². The molecule has 88 heavy (non-hydrogen) atoms. The van der Waals surface area contributed by atoms with Crippen LogP contribution < -0.4 is 21.3 Å². The number of hydrogen-bond acceptors (Lipinski definition) is 18. The number of carbonyl (C=O) groups excluding carboxylic acids is 10. The highest BCUT2D eigenvalue weighted by Crippen LogP contribution is 2.23. The Hall–Kier alpha value is -8.12. The lowest BCUT2D eigenvalue weighted by Crippen LogP contribution is -2.41. The smallest absolute Gasteiger partial charge is 0.465 e. The van der Waals surface area contributed by atoms with Crippen molar-refractivity contribution < 1.29 is 94.8 Å². The molecule has 0 aliphatic rings. The maximum atomic E-state index is 13.0. The lowest BCUT2D eigenvalue weighted by molar-refractivity contribution is -0.870. The van der Waals surface area contributed by atoms with Gasteiger partial charge in [-0.15, -0.1) is 0 Å². The zero-order valence-corrected chi connectivity index (χ0v) is 53.1. The van der Waals surface area contributed by atoms with Crippen LogP contribution in [0.5, 0.6) is 0 Å². The van der Waals surface area contributed by atoms with Crippen LogP contribution in [0.1, 0.15) is 129 Å². The quantitative estimate of drug-likeness (QED) is 0.0184. The summed E-state index contributed by atoms with van der Waals surface area (Å²) < 4.78 is 43.0. The van der Waals surface area contributed by atoms with E-state index in [1.54, 1.807) is 48.5 Å². The van der Waals surface area contributed by atoms with Gasteiger partial charge in [-0.05, 0) is 99.0 Å². The Balaban J connectivity index is 1.25. The first-order chi connectivity index (χ1) is 41.5. The predicted octanol–water partition coefficient (Wildman–Crippen LogP) is 7.62. The number of unbranched alkanes of at least 4 members (excludes halogenated alkanes) is 5. The number of ether oxygens (including phenoxy) is 8. The SMILES string of the molecule is CC(=O)OCC(C)(COC(=O)OCCCCCCC(=O)Cc1ccc(CNC(=O)c2ccc(C(=O)NCc3ccc(NC(=O)NCCCCCOC(=O)OCC(C)(COC(C)=O)C(=O)OCCC[N+](C)(C)C)cc3)cc2)cc1)C(=O)OCCC[N+](C)(C)C. The van der Waals surface area contributed by atoms with E-state index in [0.29, 0.717) is 83.7 Å². The van der Waals surface area contributed by atoms with Crippen LogP contribution in [0.4, 0.5) is 20.1 Å². The third kappa shape index (κ3) is 32.0. The lowest BCUT2D eigenvalue weighted by atomic mass is 9.93. The summed E-state index contributed by atoms with van der Waals surface area (Å²) in [5, 5.41) is 11.3. The normalized spacial score (nSPS) is 12.6. The second-order valence-electron chi connectivity index (χ2n) is 24.2. The second-order valence-corrected chi connectivity index (χ2v) is 24.2. The standard InChI is InChI=1S/C64H92N6O18/c1-47(71)85-43-63(3,58(76)81-38-18-34-69(5,6)7)45-87-61(79)83-36-16-12-11-14-20-55(73)40-49-21-23-50(24-22-49)41-66-56(74)52-27-29-53(30-28-52)57(75)67-42-51-25-31-54(32-26-51)68-60(78)65-33-15-13-17-37-84-62(80)88-46-64(4,44-86-48(2)72)59(77)82-39-19-35-70(8,9)10/h21-32H,11-20,33-46H2,1-10H3,(H2-2,65,66,67,68,74,75,78)/p+2. The van der Waals surface area contributed by atoms with Crippen LogP contribution in [0.3, 0.4) is 0 Å². The summed E-state index contributed by atoms with van der Waals surface area (Å²) in [5.74, 6) is -3.04. The number of esters is 4. The molecule has 0 radical (unpaired) electrons. The Morgan fingerprint density at radius 2 is 0.807 bits per heavy atom. The summed E-state index contributed by atoms with van der Waals surface area (Å²) in [6.45, 7) is 6.84. The first-order valence-electron chi connectivity index (χ1n) is 29.8. The minimum Gasteiger partial charge on any atom is -0.465 e. The average Bonchev–Trinajstić information content (AvgIpc) is 3.35. The molecular formula is C64H94N6O18+2. The molecule has 2 atom stereocenters. The summed E-state index contributed by atoms with van der Waals surface area (Å²) in [6, 6.07) is 20.3. The summed E-state index contributed by atoms with van der Waals surface area (Å²) in [7, 11) is 12.1. The Bertz CT molecular complexity index is 2540. The van der Waals surface area contributed by atoms with Crippen molar-refractivity contribution in [3.63, 3.8) is 0 Å². The van der Waals surface area contributed by atoms with Crippen molar-refractivity contribution in [1.82, 2.24) is 16.0 Å². The van der Waals surface area contributed by atoms with Crippen molar-refractivity contribution in [2.24, 2.45) is 10.8 Å². The number of anilines is 1. The molecule has 0 aliphatic heterocycles. The second kappa shape index (κ2) is 38.2. The molecule has 0 saturated heterocycles. The molecule has 0 heterocycles. The van der Waals surface area contributed by atoms with Crippen molar-refractivity contribution in [3.05, 3.63) is 101 Å². The van der Waals surface area contributed by atoms with Crippen LogP contribution in [-0.2, 0) is 81.4 Å². The summed E-state index contributed by atoms with van der Waals surface area (Å²) in [6.07, 6.45) is 4.43. The van der Waals surface area contributed by atoms with Gasteiger partial charge in [0.2, 0.25) is 0 Å². The molecular weight excluding hydrogens is 1140 g/mol. The molecule has 4 amide bonds. The van der Waals surface area contributed by atoms with Gasteiger partial charge >= 0.3 is 42.2 Å². The van der Waals surface area contributed by atoms with Gasteiger partial charge in [-0.1, -0.05) is 49.2 Å². The molecule has 2 unspecified atom stereocenters. The van der Waals surface area contributed by atoms with Crippen LogP contribution in [0.2, 0.25) is 0 Å². The molecule has 0 spiro atoms. The number of nitrogens with one attached hydrogen (secondary N) is 4. The maximum absolute atomic E-state index is 13.0. The van der Waals surface area contributed by atoms with Gasteiger partial charge in [0, 0.05) is 76.0 Å². The number of rotatable bonds is 40. The monoisotopic (exact) mass is 1230 g/mol. The molecule has 3 aromatic rings. The van der Waals surface area contributed by atoms with Gasteiger partial charge in [-0.25, -0.2) is 14.4 Å². The summed E-state index contributed by atoms with van der Waals surface area (Å²) >= 11 is 0. The first kappa shape index (κ1) is 74.1. The third-order valence-corrected chi connectivity index (χ3v) is 13.5. The highest BCUT2D eigenvalue weighted by atomic mass is 16.7. The fraction of sp³-hybridized carbons (Fsp3) is 0.562. The first-order valence-corrected chi connectivity index (χ1v) is 29.8. The van der Waals surface area contributed by atoms with E-state index in [1.165, 1.54) is 27.7 Å². The zero-order chi connectivity index (χ0) is 65.2. The Morgan fingerprint density at radius 1 is 0.420 bits per heavy atom. The number of benzene rings is 3. The molecule has 4 N–H and O–H groups in total. The van der Waals surface area contributed by atoms with Gasteiger partial charge in [0.1, 0.15) is 43.0 Å². The van der Waals surface area contributed by atoms with Gasteiger partial charge in [0.05, 0.1) is 81.8 Å². The van der Waals surface area contributed by atoms with E-state index in [2.05, 4.69) is 21.3 Å². The van der Waals surface area contributed by atoms with Crippen LogP contribution >= 0.6 is 0 Å². The summed E-state index contributed by atoms with van der Waals surface area (Å²) in [4.78, 5) is 124. The minimum atomic E-state index is -1.42. The lowest BCUT2D eigenvalue weighted by Gasteiger charge is -2.27. The van der Waals surface area contributed by atoms with Gasteiger partial charge in [-0.3, -0.25) is 33.6 Å². The van der Waals surface area contributed by atoms with E-state index >= 15 is 0 Å². The van der Waals surface area contributed by atoms with Crippen LogP contribution in [-0.4, -0.2) is 184 Å². The zero-order valence-electron chi connectivity index (χ0n) is 53.1. The molecule has 0 fully saturated rings. The Labute approximate surface area is 517 Å². The minimum absolute atomic E-state index is 0.0545. The molecule has 3 aromatic carbocycles. The molecule has 3 rings (SSSR count). The highest BCUT2D eigenvalue weighted by Gasteiger charge is 2.40. The number of Topliss-reactive ketones (excluding diaryl/α,β-unsaturated/α-hetero) is 1. The molecule has 0 aromatic heterocycles. The number of nitrogens with zero attached hydrogens (tertiary/aromatic N) is 2. The van der Waals surface area contributed by atoms with Crippen molar-refractivity contribution in [1.29, 1.82) is 0 Å². The molecule has 0 saturated carbocycles. The molecule has 0 bridgehead atoms. The maximum Gasteiger partial charge on any atom is 0.508 e. The van der Waals surface area contributed by atoms with E-state index < -0.39 is 66.3 Å². The van der Waals surface area contributed by atoms with Crippen molar-refractivity contribution in [2.75, 3.05) is 120 Å². The van der Waals surface area contributed by atoms with E-state index in [9.17, 15) is 47.9 Å². The van der Waals surface area contributed by atoms with Gasteiger partial charge in [0.25, 0.3) is 11.8 Å². The molecule has 486 valence electrons. The number of ketones is 1. The summed E-state index contributed by atoms with van der Waals surface area (Å²) in [5.41, 5.74) is 0.948. The topological polar surface area (TPSA) is 293 Å². The third-order valence-electron chi connectivity index (χ3n) is 13.5. The Morgan fingerprint density at radius 3 is 1.24 bits per heavy atom. The highest BCUT2D eigenvalue weighted by molar-refractivity contribution is 5.98. The van der Waals surface area contributed by atoms with Crippen LogP contribution in [0, 0.1) is 10.8 Å². The van der Waals surface area contributed by atoms with E-state index in [0.717, 1.165) is 42.6 Å². The largest absolute Gasteiger partial charge is 0.508 e. The molecule has 24 heteroatoms. The van der Waals surface area contributed by atoms with E-state index in [4.69, 9.17) is 37.9 Å². The molecule has 24 nitrogen and oxygen atoms in total. The van der Waals surface area contributed by atoms with Crippen molar-refractivity contribution >= 4 is 65.5 Å². The van der Waals surface area contributed by atoms with E-state index in [1.807, 2.05) is 66.6 Å². The Kier molecular flexibility index (Phi) is 32.2. The fourth-order valence-electron chi connectivity index (χ4n) is 8.13. The average molecular weight is 1240 g/mol. The van der Waals surface area contributed by atoms with Crippen molar-refractivity contribution in [3.8, 4) is 0 Å². The fourth-order valence-corrected chi connectivity index (χ4v) is 8.13. The predicted molar refractivity (Wildman–Crippen MR) is 325 cm³/mol. The van der Waals surface area contributed by atoms with Crippen LogP contribution in [0.25, 0.3) is 0 Å². The van der Waals surface area contributed by atoms with Crippen molar-refractivity contribution in [2.45, 2.75) is 111 Å². The number of amides is 4. The van der Waals surface area contributed by atoms with Gasteiger partial charge in [0.15, 0.2) is 0 Å².